The SMILES string of the molecule is C=C(C)CCOC(CCC)CNC1CC1. The van der Waals surface area contributed by atoms with Crippen molar-refractivity contribution >= 4 is 0 Å². The topological polar surface area (TPSA) is 21.3 Å². The van der Waals surface area contributed by atoms with E-state index in [0.717, 1.165) is 32.0 Å². The summed E-state index contributed by atoms with van der Waals surface area (Å²) in [6.45, 7) is 10.0. The summed E-state index contributed by atoms with van der Waals surface area (Å²) < 4.78 is 5.85. The summed E-state index contributed by atoms with van der Waals surface area (Å²) in [5.41, 5.74) is 1.21. The smallest absolute Gasteiger partial charge is 0.0699 e. The lowest BCUT2D eigenvalue weighted by molar-refractivity contribution is 0.0489. The minimum atomic E-state index is 0.398. The molecule has 0 aromatic heterocycles. The molecule has 88 valence electrons. The van der Waals surface area contributed by atoms with Crippen LogP contribution in [0.4, 0.5) is 0 Å². The highest BCUT2D eigenvalue weighted by atomic mass is 16.5. The van der Waals surface area contributed by atoms with Crippen molar-refractivity contribution in [1.29, 1.82) is 0 Å². The second-order valence-corrected chi connectivity index (χ2v) is 4.67. The highest BCUT2D eigenvalue weighted by Gasteiger charge is 2.21. The molecule has 1 saturated carbocycles. The molecule has 0 spiro atoms. The molecule has 0 aromatic carbocycles. The standard InChI is InChI=1S/C13H25NO/c1-4-5-13(10-14-12-6-7-12)15-9-8-11(2)3/h12-14H,2,4-10H2,1,3H3. The van der Waals surface area contributed by atoms with Gasteiger partial charge in [-0.15, -0.1) is 6.58 Å². The first-order chi connectivity index (χ1) is 7.22. The van der Waals surface area contributed by atoms with Gasteiger partial charge in [-0.25, -0.2) is 0 Å². The van der Waals surface area contributed by atoms with Crippen molar-refractivity contribution in [1.82, 2.24) is 5.32 Å². The zero-order chi connectivity index (χ0) is 11.1. The fraction of sp³-hybridized carbons (Fsp3) is 0.846. The van der Waals surface area contributed by atoms with Gasteiger partial charge in [0.1, 0.15) is 0 Å². The lowest BCUT2D eigenvalue weighted by atomic mass is 10.2. The maximum absolute atomic E-state index is 5.85. The third-order valence-corrected chi connectivity index (χ3v) is 2.70. The van der Waals surface area contributed by atoms with E-state index >= 15 is 0 Å². The number of hydrogen-bond donors (Lipinski definition) is 1. The van der Waals surface area contributed by atoms with Gasteiger partial charge in [0, 0.05) is 12.6 Å². The zero-order valence-electron chi connectivity index (χ0n) is 10.2. The fourth-order valence-electron chi connectivity index (χ4n) is 1.55. The van der Waals surface area contributed by atoms with E-state index in [-0.39, 0.29) is 0 Å². The molecule has 15 heavy (non-hydrogen) atoms. The molecule has 1 aliphatic carbocycles. The van der Waals surface area contributed by atoms with Crippen LogP contribution in [0.5, 0.6) is 0 Å². The normalized spacial score (nSPS) is 17.7. The molecule has 0 heterocycles. The van der Waals surface area contributed by atoms with Crippen LogP contribution in [0.25, 0.3) is 0 Å². The summed E-state index contributed by atoms with van der Waals surface area (Å²) in [6.07, 6.45) is 6.45. The van der Waals surface area contributed by atoms with Gasteiger partial charge in [-0.2, -0.15) is 0 Å². The molecule has 0 saturated heterocycles. The summed E-state index contributed by atoms with van der Waals surface area (Å²) >= 11 is 0. The first-order valence-electron chi connectivity index (χ1n) is 6.21. The zero-order valence-corrected chi connectivity index (χ0v) is 10.2. The molecule has 1 atom stereocenters. The van der Waals surface area contributed by atoms with Crippen molar-refractivity contribution in [3.05, 3.63) is 12.2 Å². The van der Waals surface area contributed by atoms with Gasteiger partial charge in [0.15, 0.2) is 0 Å². The van der Waals surface area contributed by atoms with E-state index in [1.54, 1.807) is 0 Å². The predicted molar refractivity (Wildman–Crippen MR) is 65.1 cm³/mol. The molecule has 2 heteroatoms. The molecule has 0 aromatic rings. The van der Waals surface area contributed by atoms with Gasteiger partial charge >= 0.3 is 0 Å². The number of nitrogens with one attached hydrogen (secondary N) is 1. The molecule has 0 amide bonds. The largest absolute Gasteiger partial charge is 0.377 e. The molecule has 2 nitrogen and oxygen atoms in total. The molecule has 0 bridgehead atoms. The molecule has 1 N–H and O–H groups in total. The Bertz CT molecular complexity index is 187. The van der Waals surface area contributed by atoms with E-state index in [0.29, 0.717) is 6.10 Å². The maximum Gasteiger partial charge on any atom is 0.0699 e. The highest BCUT2D eigenvalue weighted by Crippen LogP contribution is 2.18. The summed E-state index contributed by atoms with van der Waals surface area (Å²) in [6, 6.07) is 0.786. The van der Waals surface area contributed by atoms with Gasteiger partial charge in [0.2, 0.25) is 0 Å². The van der Waals surface area contributed by atoms with E-state index < -0.39 is 0 Å². The van der Waals surface area contributed by atoms with Crippen LogP contribution in [0, 0.1) is 0 Å². The Balaban J connectivity index is 2.07. The fourth-order valence-corrected chi connectivity index (χ4v) is 1.55. The van der Waals surface area contributed by atoms with Crippen LogP contribution in [0.1, 0.15) is 46.0 Å². The second-order valence-electron chi connectivity index (χ2n) is 4.67. The van der Waals surface area contributed by atoms with Gasteiger partial charge in [0.05, 0.1) is 12.7 Å². The van der Waals surface area contributed by atoms with Crippen LogP contribution in [0.3, 0.4) is 0 Å². The number of rotatable bonds is 9. The Labute approximate surface area is 94.1 Å². The molecule has 1 fully saturated rings. The van der Waals surface area contributed by atoms with Crippen molar-refractivity contribution in [3.8, 4) is 0 Å². The summed E-state index contributed by atoms with van der Waals surface area (Å²) in [4.78, 5) is 0. The average molecular weight is 211 g/mol. The van der Waals surface area contributed by atoms with E-state index in [9.17, 15) is 0 Å². The molecule has 1 aliphatic rings. The van der Waals surface area contributed by atoms with Crippen LogP contribution in [0.2, 0.25) is 0 Å². The molecule has 0 aliphatic heterocycles. The monoisotopic (exact) mass is 211 g/mol. The predicted octanol–water partition coefficient (Wildman–Crippen LogP) is 2.89. The Morgan fingerprint density at radius 2 is 2.27 bits per heavy atom. The Morgan fingerprint density at radius 1 is 1.53 bits per heavy atom. The molecule has 1 unspecified atom stereocenters. The molecular weight excluding hydrogens is 186 g/mol. The maximum atomic E-state index is 5.85. The van der Waals surface area contributed by atoms with Crippen LogP contribution in [-0.2, 0) is 4.74 Å². The summed E-state index contributed by atoms with van der Waals surface area (Å²) in [5, 5.41) is 3.53. The quantitative estimate of drug-likeness (QED) is 0.592. The van der Waals surface area contributed by atoms with Crippen LogP contribution in [0.15, 0.2) is 12.2 Å². The van der Waals surface area contributed by atoms with Gasteiger partial charge in [-0.3, -0.25) is 0 Å². The molecule has 1 rings (SSSR count). The first kappa shape index (κ1) is 12.7. The van der Waals surface area contributed by atoms with Crippen LogP contribution >= 0.6 is 0 Å². The average Bonchev–Trinajstić information content (AvgIpc) is 2.97. The lowest BCUT2D eigenvalue weighted by Crippen LogP contribution is -2.30. The van der Waals surface area contributed by atoms with Crippen molar-refractivity contribution < 1.29 is 4.74 Å². The van der Waals surface area contributed by atoms with Gasteiger partial charge in [-0.05, 0) is 32.6 Å². The van der Waals surface area contributed by atoms with Gasteiger partial charge in [-0.1, -0.05) is 18.9 Å². The van der Waals surface area contributed by atoms with E-state index in [1.807, 2.05) is 0 Å². The number of ether oxygens (including phenoxy) is 1. The minimum absolute atomic E-state index is 0.398. The minimum Gasteiger partial charge on any atom is -0.377 e. The summed E-state index contributed by atoms with van der Waals surface area (Å²) in [5.74, 6) is 0. The second kappa shape index (κ2) is 7.02. The van der Waals surface area contributed by atoms with Gasteiger partial charge in [0.25, 0.3) is 0 Å². The van der Waals surface area contributed by atoms with Crippen molar-refractivity contribution in [2.24, 2.45) is 0 Å². The van der Waals surface area contributed by atoms with Crippen molar-refractivity contribution in [3.63, 3.8) is 0 Å². The van der Waals surface area contributed by atoms with Crippen LogP contribution < -0.4 is 5.32 Å². The third-order valence-electron chi connectivity index (χ3n) is 2.70. The van der Waals surface area contributed by atoms with Gasteiger partial charge < -0.3 is 10.1 Å². The lowest BCUT2D eigenvalue weighted by Gasteiger charge is -2.17. The Kier molecular flexibility index (Phi) is 5.96. The molecular formula is C13H25NO. The number of hydrogen-bond acceptors (Lipinski definition) is 2. The Hall–Kier alpha value is -0.340. The van der Waals surface area contributed by atoms with Crippen LogP contribution in [-0.4, -0.2) is 25.3 Å². The third kappa shape index (κ3) is 6.69. The highest BCUT2D eigenvalue weighted by molar-refractivity contribution is 4.87. The van der Waals surface area contributed by atoms with E-state index in [1.165, 1.54) is 24.8 Å². The first-order valence-corrected chi connectivity index (χ1v) is 6.21. The van der Waals surface area contributed by atoms with Crippen molar-refractivity contribution in [2.45, 2.75) is 58.1 Å². The summed E-state index contributed by atoms with van der Waals surface area (Å²) in [7, 11) is 0. The van der Waals surface area contributed by atoms with E-state index in [2.05, 4.69) is 25.7 Å². The van der Waals surface area contributed by atoms with E-state index in [4.69, 9.17) is 4.74 Å². The van der Waals surface area contributed by atoms with Crippen molar-refractivity contribution in [2.75, 3.05) is 13.2 Å². The molecule has 0 radical (unpaired) electrons. The Morgan fingerprint density at radius 3 is 2.80 bits per heavy atom.